The monoisotopic (exact) mass is 331 g/mol. The summed E-state index contributed by atoms with van der Waals surface area (Å²) in [4.78, 5) is 0. The molecular weight excluding hydrogens is 305 g/mol. The van der Waals surface area contributed by atoms with Crippen LogP contribution in [-0.4, -0.2) is 19.7 Å². The molecule has 1 fully saturated rings. The summed E-state index contributed by atoms with van der Waals surface area (Å²) in [5.41, 5.74) is 1.44. The van der Waals surface area contributed by atoms with Gasteiger partial charge >= 0.3 is 0 Å². The molecule has 1 aliphatic rings. The van der Waals surface area contributed by atoms with Crippen molar-refractivity contribution in [3.63, 3.8) is 0 Å². The smallest absolute Gasteiger partial charge is 0.137 e. The minimum Gasteiger partial charge on any atom is -0.492 e. The Morgan fingerprint density at radius 1 is 1.29 bits per heavy atom. The predicted molar refractivity (Wildman–Crippen MR) is 93.1 cm³/mol. The molecule has 1 heterocycles. The van der Waals surface area contributed by atoms with Crippen molar-refractivity contribution in [1.29, 1.82) is 0 Å². The number of piperidine rings is 1. The van der Waals surface area contributed by atoms with Crippen LogP contribution in [0.4, 0.5) is 0 Å². The summed E-state index contributed by atoms with van der Waals surface area (Å²) in [5.74, 6) is 1.47. The molecular formula is C17H27Cl2NO. The first kappa shape index (κ1) is 18.6. The van der Waals surface area contributed by atoms with Crippen LogP contribution in [0.1, 0.15) is 45.6 Å². The molecule has 0 aromatic heterocycles. The van der Waals surface area contributed by atoms with Crippen LogP contribution in [0.3, 0.4) is 0 Å². The lowest BCUT2D eigenvalue weighted by Gasteiger charge is -2.25. The van der Waals surface area contributed by atoms with Crippen molar-refractivity contribution in [2.24, 2.45) is 5.92 Å². The second-order valence-electron chi connectivity index (χ2n) is 6.39. The van der Waals surface area contributed by atoms with Gasteiger partial charge in [-0.2, -0.15) is 0 Å². The Labute approximate surface area is 140 Å². The van der Waals surface area contributed by atoms with Crippen LogP contribution in [0.5, 0.6) is 5.75 Å². The second-order valence-corrected chi connectivity index (χ2v) is 6.79. The molecule has 1 N–H and O–H groups in total. The van der Waals surface area contributed by atoms with Crippen LogP contribution < -0.4 is 10.1 Å². The Balaban J connectivity index is 0.00000220. The molecule has 0 amide bonds. The zero-order valence-electron chi connectivity index (χ0n) is 13.2. The Morgan fingerprint density at radius 3 is 2.52 bits per heavy atom. The van der Waals surface area contributed by atoms with Gasteiger partial charge in [-0.3, -0.25) is 0 Å². The molecule has 2 rings (SSSR count). The Morgan fingerprint density at radius 2 is 1.95 bits per heavy atom. The fourth-order valence-corrected chi connectivity index (χ4v) is 2.73. The maximum atomic E-state index is 6.37. The molecule has 0 unspecified atom stereocenters. The first-order valence-electron chi connectivity index (χ1n) is 7.66. The van der Waals surface area contributed by atoms with Gasteiger partial charge in [0, 0.05) is 0 Å². The standard InChI is InChI=1S/C17H26ClNO.ClH/c1-4-17(2,3)14-5-6-16(15(18)11-14)20-12-13-7-9-19-10-8-13;/h5-6,11,13,19H,4,7-10,12H2,1-3H3;1H. The van der Waals surface area contributed by atoms with E-state index in [1.54, 1.807) is 0 Å². The molecule has 0 aliphatic carbocycles. The SMILES string of the molecule is CCC(C)(C)c1ccc(OCC2CCNCC2)c(Cl)c1.Cl. The van der Waals surface area contributed by atoms with Gasteiger partial charge in [0.1, 0.15) is 5.75 Å². The fourth-order valence-electron chi connectivity index (χ4n) is 2.50. The average Bonchev–Trinajstić information content (AvgIpc) is 2.47. The summed E-state index contributed by atoms with van der Waals surface area (Å²) in [5, 5.41) is 4.11. The maximum Gasteiger partial charge on any atom is 0.137 e. The van der Waals surface area contributed by atoms with Crippen LogP contribution in [0.15, 0.2) is 18.2 Å². The van der Waals surface area contributed by atoms with E-state index in [0.29, 0.717) is 5.92 Å². The lowest BCUT2D eigenvalue weighted by Crippen LogP contribution is -2.30. The molecule has 1 aliphatic heterocycles. The third kappa shape index (κ3) is 5.05. The number of nitrogens with one attached hydrogen (secondary N) is 1. The normalized spacial score (nSPS) is 16.4. The highest BCUT2D eigenvalue weighted by Crippen LogP contribution is 2.33. The van der Waals surface area contributed by atoms with Crippen molar-refractivity contribution in [2.45, 2.75) is 45.4 Å². The van der Waals surface area contributed by atoms with Crippen molar-refractivity contribution in [1.82, 2.24) is 5.32 Å². The summed E-state index contributed by atoms with van der Waals surface area (Å²) in [6, 6.07) is 6.23. The van der Waals surface area contributed by atoms with Gasteiger partial charge in [-0.25, -0.2) is 0 Å². The van der Waals surface area contributed by atoms with Crippen LogP contribution >= 0.6 is 24.0 Å². The second kappa shape index (κ2) is 8.26. The minimum absolute atomic E-state index is 0. The van der Waals surface area contributed by atoms with E-state index in [-0.39, 0.29) is 17.8 Å². The van der Waals surface area contributed by atoms with Gasteiger partial charge in [0.05, 0.1) is 11.6 Å². The number of halogens is 2. The van der Waals surface area contributed by atoms with Crippen molar-refractivity contribution < 1.29 is 4.74 Å². The van der Waals surface area contributed by atoms with Gasteiger partial charge in [0.25, 0.3) is 0 Å². The van der Waals surface area contributed by atoms with Crippen molar-refractivity contribution in [3.8, 4) is 5.75 Å². The first-order valence-corrected chi connectivity index (χ1v) is 8.04. The van der Waals surface area contributed by atoms with Gasteiger partial charge in [0.15, 0.2) is 0 Å². The molecule has 4 heteroatoms. The highest BCUT2D eigenvalue weighted by Gasteiger charge is 2.20. The molecule has 1 aromatic rings. The topological polar surface area (TPSA) is 21.3 Å². The van der Waals surface area contributed by atoms with E-state index in [2.05, 4.69) is 38.2 Å². The number of benzene rings is 1. The molecule has 21 heavy (non-hydrogen) atoms. The molecule has 0 atom stereocenters. The van der Waals surface area contributed by atoms with Crippen LogP contribution in [0.25, 0.3) is 0 Å². The zero-order chi connectivity index (χ0) is 14.6. The van der Waals surface area contributed by atoms with Gasteiger partial charge in [-0.05, 0) is 61.4 Å². The first-order chi connectivity index (χ1) is 9.53. The minimum atomic E-state index is 0. The average molecular weight is 332 g/mol. The van der Waals surface area contributed by atoms with Gasteiger partial charge in [0.2, 0.25) is 0 Å². The van der Waals surface area contributed by atoms with Gasteiger partial charge < -0.3 is 10.1 Å². The summed E-state index contributed by atoms with van der Waals surface area (Å²) < 4.78 is 5.92. The van der Waals surface area contributed by atoms with E-state index in [1.165, 1.54) is 18.4 Å². The maximum absolute atomic E-state index is 6.37. The molecule has 1 saturated heterocycles. The highest BCUT2D eigenvalue weighted by atomic mass is 35.5. The molecule has 0 radical (unpaired) electrons. The molecule has 0 spiro atoms. The third-order valence-corrected chi connectivity index (χ3v) is 4.83. The van der Waals surface area contributed by atoms with E-state index < -0.39 is 0 Å². The van der Waals surface area contributed by atoms with Crippen LogP contribution in [-0.2, 0) is 5.41 Å². The molecule has 120 valence electrons. The van der Waals surface area contributed by atoms with Crippen LogP contribution in [0.2, 0.25) is 5.02 Å². The summed E-state index contributed by atoms with van der Waals surface area (Å²) in [7, 11) is 0. The van der Waals surface area contributed by atoms with E-state index in [9.17, 15) is 0 Å². The third-order valence-electron chi connectivity index (χ3n) is 4.53. The lowest BCUT2D eigenvalue weighted by molar-refractivity contribution is 0.215. The highest BCUT2D eigenvalue weighted by molar-refractivity contribution is 6.32. The van der Waals surface area contributed by atoms with Crippen molar-refractivity contribution >= 4 is 24.0 Å². The van der Waals surface area contributed by atoms with Gasteiger partial charge in [-0.15, -0.1) is 12.4 Å². The van der Waals surface area contributed by atoms with Crippen LogP contribution in [0, 0.1) is 5.92 Å². The molecule has 1 aromatic carbocycles. The van der Waals surface area contributed by atoms with Gasteiger partial charge in [-0.1, -0.05) is 38.4 Å². The Bertz CT molecular complexity index is 442. The summed E-state index contributed by atoms with van der Waals surface area (Å²) >= 11 is 6.37. The van der Waals surface area contributed by atoms with Crippen molar-refractivity contribution in [3.05, 3.63) is 28.8 Å². The fraction of sp³-hybridized carbons (Fsp3) is 0.647. The predicted octanol–water partition coefficient (Wildman–Crippen LogP) is 4.83. The molecule has 0 bridgehead atoms. The summed E-state index contributed by atoms with van der Waals surface area (Å²) in [6.07, 6.45) is 3.48. The van der Waals surface area contributed by atoms with E-state index >= 15 is 0 Å². The van der Waals surface area contributed by atoms with E-state index in [1.807, 2.05) is 6.07 Å². The van der Waals surface area contributed by atoms with Crippen molar-refractivity contribution in [2.75, 3.05) is 19.7 Å². The molecule has 0 saturated carbocycles. The number of ether oxygens (including phenoxy) is 1. The molecule has 2 nitrogen and oxygen atoms in total. The quantitative estimate of drug-likeness (QED) is 0.834. The zero-order valence-corrected chi connectivity index (χ0v) is 14.8. The lowest BCUT2D eigenvalue weighted by atomic mass is 9.82. The van der Waals surface area contributed by atoms with E-state index in [0.717, 1.165) is 36.9 Å². The van der Waals surface area contributed by atoms with E-state index in [4.69, 9.17) is 16.3 Å². The largest absolute Gasteiger partial charge is 0.492 e. The number of hydrogen-bond acceptors (Lipinski definition) is 2. The number of rotatable bonds is 5. The number of hydrogen-bond donors (Lipinski definition) is 1. The Kier molecular flexibility index (Phi) is 7.32. The Hall–Kier alpha value is -0.440. The summed E-state index contributed by atoms with van der Waals surface area (Å²) in [6.45, 7) is 9.67.